The highest BCUT2D eigenvalue weighted by Gasteiger charge is 2.18. The van der Waals surface area contributed by atoms with Gasteiger partial charge in [-0.2, -0.15) is 0 Å². The van der Waals surface area contributed by atoms with Crippen LogP contribution in [0.5, 0.6) is 0 Å². The van der Waals surface area contributed by atoms with Gasteiger partial charge in [0.05, 0.1) is 57.3 Å². The number of aryl methyl sites for hydroxylation is 2. The Balaban J connectivity index is 0.000000753. The van der Waals surface area contributed by atoms with Crippen LogP contribution in [-0.2, 0) is 37.1 Å². The van der Waals surface area contributed by atoms with Gasteiger partial charge in [0.15, 0.2) is 0 Å². The second-order valence-electron chi connectivity index (χ2n) is 15.2. The quantitative estimate of drug-likeness (QED) is 0.0795. The topological polar surface area (TPSA) is 186 Å². The zero-order valence-electron chi connectivity index (χ0n) is 37.4. The van der Waals surface area contributed by atoms with Gasteiger partial charge in [0.25, 0.3) is 11.8 Å². The van der Waals surface area contributed by atoms with E-state index >= 15 is 0 Å². The molecule has 0 atom stereocenters. The number of carbonyl (C=O) groups is 3. The van der Waals surface area contributed by atoms with Crippen molar-refractivity contribution in [3.05, 3.63) is 113 Å². The Kier molecular flexibility index (Phi) is 21.1. The summed E-state index contributed by atoms with van der Waals surface area (Å²) in [7, 11) is 0.456. The molecule has 3 aromatic carbocycles. The summed E-state index contributed by atoms with van der Waals surface area (Å²) in [6, 6.07) is 24.2. The van der Waals surface area contributed by atoms with E-state index < -0.39 is 21.8 Å². The molecular formula is C47H65N7O8S. The van der Waals surface area contributed by atoms with Crippen LogP contribution < -0.4 is 20.7 Å². The minimum absolute atomic E-state index is 0.214. The molecule has 0 saturated carbocycles. The molecule has 0 fully saturated rings. The van der Waals surface area contributed by atoms with Gasteiger partial charge in [0.2, 0.25) is 15.9 Å². The number of hydrogen-bond donors (Lipinski definition) is 3. The minimum Gasteiger partial charge on any atom is -0.378 e. The number of nitrogens with zero attached hydrogens (tertiary/aromatic N) is 4. The lowest BCUT2D eigenvalue weighted by atomic mass is 9.92. The highest BCUT2D eigenvalue weighted by molar-refractivity contribution is 7.88. The fraction of sp³-hybridized carbons (Fsp3) is 0.447. The number of primary amides is 1. The summed E-state index contributed by atoms with van der Waals surface area (Å²) in [6.45, 7) is 9.99. The van der Waals surface area contributed by atoms with E-state index in [9.17, 15) is 22.8 Å². The van der Waals surface area contributed by atoms with E-state index in [4.69, 9.17) is 19.9 Å². The molecule has 4 aromatic rings. The van der Waals surface area contributed by atoms with Crippen molar-refractivity contribution in [1.29, 1.82) is 0 Å². The van der Waals surface area contributed by atoms with Crippen molar-refractivity contribution >= 4 is 39.1 Å². The number of likely N-dealkylation sites (N-methyl/N-ethyl adjacent to an activating group) is 2. The summed E-state index contributed by atoms with van der Waals surface area (Å²) in [6.07, 6.45) is 7.98. The molecule has 0 radical (unpaired) electrons. The van der Waals surface area contributed by atoms with E-state index in [-0.39, 0.29) is 19.1 Å². The van der Waals surface area contributed by atoms with Gasteiger partial charge in [-0.25, -0.2) is 13.1 Å². The molecular weight excluding hydrogens is 823 g/mol. The number of benzene rings is 3. The Bertz CT molecular complexity index is 2160. The third kappa shape index (κ3) is 17.5. The number of anilines is 2. The van der Waals surface area contributed by atoms with Crippen LogP contribution in [0, 0.1) is 0 Å². The number of aromatic nitrogens is 1. The Hall–Kier alpha value is -5.23. The van der Waals surface area contributed by atoms with Crippen molar-refractivity contribution in [2.24, 2.45) is 5.73 Å². The highest BCUT2D eigenvalue weighted by Crippen LogP contribution is 2.32. The van der Waals surface area contributed by atoms with Gasteiger partial charge in [-0.1, -0.05) is 30.3 Å². The summed E-state index contributed by atoms with van der Waals surface area (Å²) in [5.74, 6) is -1.19. The van der Waals surface area contributed by atoms with Crippen molar-refractivity contribution in [2.75, 3.05) is 109 Å². The van der Waals surface area contributed by atoms with Crippen molar-refractivity contribution in [3.63, 3.8) is 0 Å². The normalized spacial score (nSPS) is 12.2. The molecule has 1 heterocycles. The van der Waals surface area contributed by atoms with E-state index in [2.05, 4.69) is 62.9 Å². The number of carbonyl (C=O) groups excluding carboxylic acids is 3. The maximum Gasteiger partial charge on any atom is 0.255 e. The Morgan fingerprint density at radius 3 is 2.00 bits per heavy atom. The Morgan fingerprint density at radius 2 is 1.37 bits per heavy atom. The molecule has 3 amide bonds. The van der Waals surface area contributed by atoms with Crippen LogP contribution in [0.2, 0.25) is 0 Å². The zero-order valence-corrected chi connectivity index (χ0v) is 38.3. The van der Waals surface area contributed by atoms with E-state index in [0.717, 1.165) is 25.0 Å². The summed E-state index contributed by atoms with van der Waals surface area (Å²) >= 11 is 0. The molecule has 15 nitrogen and oxygen atoms in total. The van der Waals surface area contributed by atoms with Crippen LogP contribution >= 0.6 is 0 Å². The average Bonchev–Trinajstić information content (AvgIpc) is 3.29. The number of sulfonamides is 1. The molecule has 0 bridgehead atoms. The maximum atomic E-state index is 13.5. The number of ether oxygens (including phenoxy) is 3. The van der Waals surface area contributed by atoms with Crippen LogP contribution in [0.4, 0.5) is 11.4 Å². The first-order valence-electron chi connectivity index (χ1n) is 21.5. The van der Waals surface area contributed by atoms with Gasteiger partial charge in [-0.3, -0.25) is 19.4 Å². The molecule has 0 spiro atoms. The first kappa shape index (κ1) is 50.4. The molecule has 63 heavy (non-hydrogen) atoms. The average molecular weight is 888 g/mol. The molecule has 1 aliphatic rings. The van der Waals surface area contributed by atoms with E-state index in [1.54, 1.807) is 59.5 Å². The number of hydrogen-bond acceptors (Lipinski definition) is 11. The number of pyridine rings is 1. The standard InChI is InChI=1S/C37H53N7O8S.C10H12/c1-6-44(7-2)31-11-12-33(32(27-31)34-26-28(35(38)45)13-14-39-34)41-36(46)29-9-8-10-30(25-29)37(47)43(4)17-16-42(3)18-20-51-22-24-52-23-21-50-19-15-40-53(5,48)49;1-2-6-10-8-4-3-7-9(10)5-1/h8-14,25-27,40H,6-7,15-24H2,1-5H3,(H2,38,45)(H,41,46);1-2,5-6H,3-4,7-8H2. The zero-order chi connectivity index (χ0) is 45.6. The smallest absolute Gasteiger partial charge is 0.255 e. The number of rotatable bonds is 24. The Morgan fingerprint density at radius 1 is 0.730 bits per heavy atom. The van der Waals surface area contributed by atoms with Crippen molar-refractivity contribution in [1.82, 2.24) is 19.5 Å². The molecule has 1 aromatic heterocycles. The van der Waals surface area contributed by atoms with Crippen molar-refractivity contribution < 1.29 is 37.0 Å². The first-order chi connectivity index (χ1) is 30.3. The number of fused-ring (bicyclic) bond motifs is 1. The van der Waals surface area contributed by atoms with Crippen LogP contribution in [0.1, 0.15) is 68.9 Å². The molecule has 342 valence electrons. The molecule has 0 aliphatic heterocycles. The van der Waals surface area contributed by atoms with Crippen molar-refractivity contribution in [3.8, 4) is 11.3 Å². The van der Waals surface area contributed by atoms with Crippen LogP contribution in [0.15, 0.2) is 85.1 Å². The second kappa shape index (κ2) is 26.4. The number of nitrogens with two attached hydrogens (primary N) is 1. The van der Waals surface area contributed by atoms with Crippen molar-refractivity contribution in [2.45, 2.75) is 39.5 Å². The third-order valence-electron chi connectivity index (χ3n) is 10.5. The van der Waals surface area contributed by atoms with Crippen LogP contribution in [-0.4, -0.2) is 140 Å². The molecule has 4 N–H and O–H groups in total. The molecule has 1 aliphatic carbocycles. The minimum atomic E-state index is -3.21. The molecule has 16 heteroatoms. The Labute approximate surface area is 373 Å². The number of nitrogens with one attached hydrogen (secondary N) is 2. The van der Waals surface area contributed by atoms with Gasteiger partial charge in [-0.05, 0) is 106 Å². The predicted octanol–water partition coefficient (Wildman–Crippen LogP) is 5.11. The number of amides is 3. The predicted molar refractivity (Wildman–Crippen MR) is 249 cm³/mol. The highest BCUT2D eigenvalue weighted by atomic mass is 32.2. The van der Waals surface area contributed by atoms with E-state index in [1.807, 2.05) is 25.2 Å². The first-order valence-corrected chi connectivity index (χ1v) is 23.4. The van der Waals surface area contributed by atoms with Gasteiger partial charge < -0.3 is 40.0 Å². The molecule has 0 saturated heterocycles. The summed E-state index contributed by atoms with van der Waals surface area (Å²) in [5, 5.41) is 2.97. The van der Waals surface area contributed by atoms with E-state index in [0.29, 0.717) is 86.3 Å². The monoisotopic (exact) mass is 887 g/mol. The lowest BCUT2D eigenvalue weighted by Crippen LogP contribution is -2.36. The SMILES string of the molecule is CCN(CC)c1ccc(NC(=O)c2cccc(C(=O)N(C)CCN(C)CCOCCOCCOCCNS(C)(=O)=O)c2)c(-c2cc(C(N)=O)ccn2)c1.c1ccc2c(c1)CCCC2. The summed E-state index contributed by atoms with van der Waals surface area (Å²) < 4.78 is 40.7. The third-order valence-corrected chi connectivity index (χ3v) is 11.2. The maximum absolute atomic E-state index is 13.5. The summed E-state index contributed by atoms with van der Waals surface area (Å²) in [5.41, 5.74) is 12.2. The van der Waals surface area contributed by atoms with Gasteiger partial charge in [0.1, 0.15) is 0 Å². The lowest BCUT2D eigenvalue weighted by Gasteiger charge is -2.23. The van der Waals surface area contributed by atoms with Crippen LogP contribution in [0.25, 0.3) is 11.3 Å². The largest absolute Gasteiger partial charge is 0.378 e. The fourth-order valence-corrected chi connectivity index (χ4v) is 7.30. The van der Waals surface area contributed by atoms with Gasteiger partial charge in [0, 0.05) is 80.5 Å². The van der Waals surface area contributed by atoms with E-state index in [1.165, 1.54) is 31.9 Å². The lowest BCUT2D eigenvalue weighted by molar-refractivity contribution is 0.0124. The van der Waals surface area contributed by atoms with Crippen LogP contribution in [0.3, 0.4) is 0 Å². The molecule has 5 rings (SSSR count). The molecule has 0 unspecified atom stereocenters. The van der Waals surface area contributed by atoms with Gasteiger partial charge >= 0.3 is 0 Å². The second-order valence-corrected chi connectivity index (χ2v) is 17.1. The van der Waals surface area contributed by atoms with Gasteiger partial charge in [-0.15, -0.1) is 0 Å². The summed E-state index contributed by atoms with van der Waals surface area (Å²) in [4.78, 5) is 49.1. The fourth-order valence-electron chi connectivity index (χ4n) is 6.85.